The minimum atomic E-state index is -1.19. The van der Waals surface area contributed by atoms with E-state index < -0.39 is 57.6 Å². The van der Waals surface area contributed by atoms with Gasteiger partial charge in [-0.05, 0) is 145 Å². The number of fused-ring (bicyclic) bond motifs is 5. The highest BCUT2D eigenvalue weighted by molar-refractivity contribution is 5.96. The topological polar surface area (TPSA) is 118 Å². The third-order valence-electron chi connectivity index (χ3n) is 20.7. The molecule has 10 aliphatic carbocycles. The van der Waals surface area contributed by atoms with Gasteiger partial charge in [-0.15, -0.1) is 0 Å². The second-order valence-corrected chi connectivity index (χ2v) is 22.3. The zero-order valence-electron chi connectivity index (χ0n) is 33.5. The molecule has 1 aromatic rings. The molecule has 0 heterocycles. The molecule has 3 spiro atoms. The average Bonchev–Trinajstić information content (AvgIpc) is 3.53. The van der Waals surface area contributed by atoms with Crippen LogP contribution in [0, 0.1) is 79.3 Å². The molecule has 10 aliphatic rings. The molecule has 0 saturated heterocycles. The number of carbonyl (C=O) groups excluding carboxylic acids is 1. The first-order valence-corrected chi connectivity index (χ1v) is 22.2. The summed E-state index contributed by atoms with van der Waals surface area (Å²) in [7, 11) is 0. The monoisotopic (exact) mass is 748 g/mol. The SMILES string of the molecule is CC1(C)C[C@@H]2C3=CC(=O)[C@@H]4[C@@]56CC[C@H](O)[C@](C)([C@H](O)CO)[C@@H]5CC[C@@]4(CC[C@H]4C=c5ccccc5=CC46)[C@]3(C)[C@H]3CC[C@@H](O)[C@]24[C@@]2(CCC[C@@H]2C=C[C@]34O)C1. The van der Waals surface area contributed by atoms with Crippen LogP contribution in [-0.4, -0.2) is 61.8 Å². The van der Waals surface area contributed by atoms with E-state index in [1.54, 1.807) is 0 Å². The van der Waals surface area contributed by atoms with E-state index in [-0.39, 0.29) is 52.1 Å². The summed E-state index contributed by atoms with van der Waals surface area (Å²) in [5, 5.41) is 63.6. The Bertz CT molecular complexity index is 2050. The lowest BCUT2D eigenvalue weighted by atomic mass is 9.23. The maximum Gasteiger partial charge on any atom is 0.159 e. The van der Waals surface area contributed by atoms with Crippen LogP contribution in [0.2, 0.25) is 0 Å². The fourth-order valence-corrected chi connectivity index (χ4v) is 19.3. The number of benzene rings is 1. The predicted molar refractivity (Wildman–Crippen MR) is 211 cm³/mol. The molecule has 6 heteroatoms. The fourth-order valence-electron chi connectivity index (χ4n) is 19.3. The molecule has 0 radical (unpaired) electrons. The van der Waals surface area contributed by atoms with Crippen molar-refractivity contribution in [3.63, 3.8) is 0 Å². The van der Waals surface area contributed by atoms with Gasteiger partial charge in [0.1, 0.15) is 0 Å². The van der Waals surface area contributed by atoms with Gasteiger partial charge in [0.05, 0.1) is 30.5 Å². The number of hydrogen-bond donors (Lipinski definition) is 5. The second kappa shape index (κ2) is 10.9. The Kier molecular flexibility index (Phi) is 7.16. The van der Waals surface area contributed by atoms with Crippen LogP contribution in [0.25, 0.3) is 12.2 Å². The predicted octanol–water partition coefficient (Wildman–Crippen LogP) is 5.61. The average molecular weight is 749 g/mol. The zero-order valence-corrected chi connectivity index (χ0v) is 33.5. The quantitative estimate of drug-likeness (QED) is 0.251. The summed E-state index contributed by atoms with van der Waals surface area (Å²) in [5.41, 5.74) is -3.39. The van der Waals surface area contributed by atoms with Crippen LogP contribution in [-0.2, 0) is 4.79 Å². The lowest BCUT2D eigenvalue weighted by molar-refractivity contribution is -0.339. The summed E-state index contributed by atoms with van der Waals surface area (Å²) in [5.74, 6) is -0.0119. The first kappa shape index (κ1) is 36.0. The van der Waals surface area contributed by atoms with Gasteiger partial charge >= 0.3 is 0 Å². The highest BCUT2D eigenvalue weighted by Crippen LogP contribution is 2.87. The van der Waals surface area contributed by atoms with Gasteiger partial charge in [-0.1, -0.05) is 88.3 Å². The Morgan fingerprint density at radius 3 is 2.35 bits per heavy atom. The van der Waals surface area contributed by atoms with Crippen LogP contribution in [0.15, 0.2) is 48.1 Å². The smallest absolute Gasteiger partial charge is 0.159 e. The fraction of sp³-hybridized carbons (Fsp3) is 0.735. The molecule has 55 heavy (non-hydrogen) atoms. The van der Waals surface area contributed by atoms with Crippen molar-refractivity contribution in [1.82, 2.24) is 0 Å². The summed E-state index contributed by atoms with van der Waals surface area (Å²) in [6.07, 6.45) is 20.2. The van der Waals surface area contributed by atoms with Crippen LogP contribution >= 0.6 is 0 Å². The number of rotatable bonds is 2. The van der Waals surface area contributed by atoms with Crippen molar-refractivity contribution in [2.24, 2.45) is 79.3 Å². The van der Waals surface area contributed by atoms with Crippen molar-refractivity contribution in [1.29, 1.82) is 0 Å². The third kappa shape index (κ3) is 3.70. The Labute approximate surface area is 326 Å². The molecule has 0 amide bonds. The molecule has 11 rings (SSSR count). The highest BCUT2D eigenvalue weighted by atomic mass is 16.3. The van der Waals surface area contributed by atoms with E-state index in [2.05, 4.69) is 75.4 Å². The van der Waals surface area contributed by atoms with Crippen LogP contribution in [0.1, 0.15) is 111 Å². The number of allylic oxidation sites excluding steroid dienone is 3. The molecular formula is C49H64O6. The standard InChI is InChI=1S/C49H64O6/c1-42(2)25-34-33-24-35(51)41-45(44(33,4)37-11-12-39(53)49(34)46(27-42)17-7-10-31(46)14-21-48(37,49)55)18-13-30-22-28-8-5-6-9-29(28)23-32(30)47(41)20-16-38(52)43(3,40(54)26-50)36(47)15-19-45/h5-6,8-9,14,21-24,30-32,34,36-41,50,52-55H,7,10-13,15-20,25-27H2,1-4H3/t30-,31+,32?,34+,36-,37+,38-,39+,40+,41-,43+,44-,45+,46-,47+,48-,49-/m0/s1. The van der Waals surface area contributed by atoms with Crippen molar-refractivity contribution in [2.75, 3.05) is 6.61 Å². The Hall–Kier alpha value is -2.09. The Morgan fingerprint density at radius 2 is 1.58 bits per heavy atom. The molecule has 1 unspecified atom stereocenters. The molecular weight excluding hydrogens is 685 g/mol. The van der Waals surface area contributed by atoms with E-state index >= 15 is 4.79 Å². The van der Waals surface area contributed by atoms with Gasteiger partial charge in [0.2, 0.25) is 0 Å². The molecule has 1 aromatic carbocycles. The summed E-state index contributed by atoms with van der Waals surface area (Å²) < 4.78 is 0. The van der Waals surface area contributed by atoms with Crippen molar-refractivity contribution in [3.05, 3.63) is 58.5 Å². The lowest BCUT2D eigenvalue weighted by Crippen LogP contribution is -2.82. The zero-order chi connectivity index (χ0) is 38.3. The molecule has 4 bridgehead atoms. The maximum atomic E-state index is 16.1. The van der Waals surface area contributed by atoms with Gasteiger partial charge in [0.15, 0.2) is 5.78 Å². The van der Waals surface area contributed by atoms with Crippen molar-refractivity contribution >= 4 is 17.9 Å². The van der Waals surface area contributed by atoms with Gasteiger partial charge in [-0.2, -0.15) is 0 Å². The van der Waals surface area contributed by atoms with Crippen molar-refractivity contribution < 1.29 is 30.3 Å². The number of carbonyl (C=O) groups is 1. The van der Waals surface area contributed by atoms with Gasteiger partial charge in [-0.25, -0.2) is 0 Å². The second-order valence-electron chi connectivity index (χ2n) is 22.3. The van der Waals surface area contributed by atoms with Gasteiger partial charge < -0.3 is 25.5 Å². The molecule has 0 aromatic heterocycles. The Balaban J connectivity index is 1.21. The summed E-state index contributed by atoms with van der Waals surface area (Å²) in [6, 6.07) is 8.63. The maximum absolute atomic E-state index is 16.1. The molecule has 17 atom stereocenters. The van der Waals surface area contributed by atoms with Crippen LogP contribution in [0.5, 0.6) is 0 Å². The summed E-state index contributed by atoms with van der Waals surface area (Å²) in [4.78, 5) is 16.1. The lowest BCUT2D eigenvalue weighted by Gasteiger charge is -2.81. The van der Waals surface area contributed by atoms with Crippen LogP contribution in [0.3, 0.4) is 0 Å². The minimum Gasteiger partial charge on any atom is -0.394 e. The van der Waals surface area contributed by atoms with E-state index in [4.69, 9.17) is 0 Å². The summed E-state index contributed by atoms with van der Waals surface area (Å²) in [6.45, 7) is 8.88. The van der Waals surface area contributed by atoms with Gasteiger partial charge in [-0.3, -0.25) is 4.79 Å². The molecule has 7 fully saturated rings. The number of hydrogen-bond acceptors (Lipinski definition) is 6. The third-order valence-corrected chi connectivity index (χ3v) is 20.7. The van der Waals surface area contributed by atoms with E-state index in [0.29, 0.717) is 25.2 Å². The minimum absolute atomic E-state index is 0.0113. The first-order valence-electron chi connectivity index (χ1n) is 22.2. The van der Waals surface area contributed by atoms with Crippen LogP contribution in [0.4, 0.5) is 0 Å². The van der Waals surface area contributed by atoms with E-state index in [1.165, 1.54) is 16.0 Å². The summed E-state index contributed by atoms with van der Waals surface area (Å²) >= 11 is 0. The molecule has 5 N–H and O–H groups in total. The molecule has 7 saturated carbocycles. The Morgan fingerprint density at radius 1 is 0.836 bits per heavy atom. The number of aliphatic hydroxyl groups is 5. The number of aliphatic hydroxyl groups excluding tert-OH is 4. The van der Waals surface area contributed by atoms with E-state index in [1.807, 2.05) is 6.92 Å². The molecule has 296 valence electrons. The van der Waals surface area contributed by atoms with Gasteiger partial charge in [0.25, 0.3) is 0 Å². The van der Waals surface area contributed by atoms with Gasteiger partial charge in [0, 0.05) is 28.1 Å². The first-order chi connectivity index (χ1) is 26.1. The van der Waals surface area contributed by atoms with E-state index in [9.17, 15) is 25.5 Å². The number of ketones is 1. The normalized spacial score (nSPS) is 55.3. The highest BCUT2D eigenvalue weighted by Gasteiger charge is 2.86. The van der Waals surface area contributed by atoms with Crippen molar-refractivity contribution in [2.45, 2.75) is 135 Å². The van der Waals surface area contributed by atoms with Crippen molar-refractivity contribution in [3.8, 4) is 0 Å². The van der Waals surface area contributed by atoms with Crippen LogP contribution < -0.4 is 10.4 Å². The molecule has 0 aliphatic heterocycles. The van der Waals surface area contributed by atoms with E-state index in [0.717, 1.165) is 64.2 Å². The largest absolute Gasteiger partial charge is 0.394 e. The molecule has 6 nitrogen and oxygen atoms in total.